The first kappa shape index (κ1) is 16.0. The maximum atomic E-state index is 12.4. The third-order valence-corrected chi connectivity index (χ3v) is 3.84. The summed E-state index contributed by atoms with van der Waals surface area (Å²) >= 11 is 0. The highest BCUT2D eigenvalue weighted by Crippen LogP contribution is 2.34. The fourth-order valence-corrected chi connectivity index (χ4v) is 2.74. The number of amides is 1. The lowest BCUT2D eigenvalue weighted by Crippen LogP contribution is -2.42. The Morgan fingerprint density at radius 2 is 2.08 bits per heavy atom. The number of nitrogens with one attached hydrogen (secondary N) is 1. The molecule has 0 spiro atoms. The number of carbonyl (C=O) groups excluding carboxylic acids is 1. The van der Waals surface area contributed by atoms with E-state index in [0.29, 0.717) is 12.2 Å². The van der Waals surface area contributed by atoms with Crippen LogP contribution in [0.5, 0.6) is 11.5 Å². The van der Waals surface area contributed by atoms with Gasteiger partial charge in [0, 0.05) is 11.4 Å². The first-order valence-corrected chi connectivity index (χ1v) is 7.80. The summed E-state index contributed by atoms with van der Waals surface area (Å²) in [6.45, 7) is 2.84. The van der Waals surface area contributed by atoms with Gasteiger partial charge in [0.25, 0.3) is 0 Å². The number of fused-ring (bicyclic) bond motifs is 1. The minimum absolute atomic E-state index is 0.00918. The molecule has 0 radical (unpaired) electrons. The number of benzene rings is 2. The van der Waals surface area contributed by atoms with Crippen molar-refractivity contribution < 1.29 is 14.3 Å². The Balaban J connectivity index is 1.71. The Labute approximate surface area is 141 Å². The maximum absolute atomic E-state index is 12.4. The van der Waals surface area contributed by atoms with E-state index in [0.717, 1.165) is 22.9 Å². The second-order valence-corrected chi connectivity index (χ2v) is 5.81. The predicted molar refractivity (Wildman–Crippen MR) is 94.8 cm³/mol. The first-order chi connectivity index (χ1) is 11.5. The molecule has 3 N–H and O–H groups in total. The van der Waals surface area contributed by atoms with E-state index in [1.807, 2.05) is 48.2 Å². The lowest BCUT2D eigenvalue weighted by Gasteiger charge is -2.34. The van der Waals surface area contributed by atoms with Gasteiger partial charge in [0.15, 0.2) is 0 Å². The summed E-state index contributed by atoms with van der Waals surface area (Å²) in [7, 11) is 1.61. The molecule has 1 heterocycles. The smallest absolute Gasteiger partial charge is 0.243 e. The number of ether oxygens (including phenoxy) is 2. The van der Waals surface area contributed by atoms with Crippen LogP contribution >= 0.6 is 0 Å². The van der Waals surface area contributed by atoms with Crippen LogP contribution < -0.4 is 25.4 Å². The largest absolute Gasteiger partial charge is 0.497 e. The van der Waals surface area contributed by atoms with Crippen molar-refractivity contribution in [2.75, 3.05) is 36.1 Å². The van der Waals surface area contributed by atoms with Crippen LogP contribution in [0.3, 0.4) is 0 Å². The fourth-order valence-electron chi connectivity index (χ4n) is 2.74. The third-order valence-electron chi connectivity index (χ3n) is 3.84. The second kappa shape index (κ2) is 6.70. The SMILES string of the molecule is COc1ccc(NC(=O)CN2CC(C)Oc3ccc(N)cc32)cc1. The van der Waals surface area contributed by atoms with Gasteiger partial charge in [-0.25, -0.2) is 0 Å². The molecule has 3 rings (SSSR count). The van der Waals surface area contributed by atoms with Crippen LogP contribution in [0.15, 0.2) is 42.5 Å². The van der Waals surface area contributed by atoms with E-state index >= 15 is 0 Å². The summed E-state index contributed by atoms with van der Waals surface area (Å²) in [5.41, 5.74) is 8.09. The molecule has 6 heteroatoms. The van der Waals surface area contributed by atoms with Crippen molar-refractivity contribution in [1.82, 2.24) is 0 Å². The molecule has 1 atom stereocenters. The molecule has 1 aliphatic rings. The lowest BCUT2D eigenvalue weighted by molar-refractivity contribution is -0.115. The summed E-state index contributed by atoms with van der Waals surface area (Å²) in [4.78, 5) is 14.4. The van der Waals surface area contributed by atoms with Crippen molar-refractivity contribution in [1.29, 1.82) is 0 Å². The number of carbonyl (C=O) groups is 1. The number of nitrogens with two attached hydrogens (primary N) is 1. The number of anilines is 3. The number of methoxy groups -OCH3 is 1. The van der Waals surface area contributed by atoms with E-state index in [-0.39, 0.29) is 18.6 Å². The molecule has 1 unspecified atom stereocenters. The summed E-state index contributed by atoms with van der Waals surface area (Å²) in [5, 5.41) is 2.89. The van der Waals surface area contributed by atoms with Crippen molar-refractivity contribution in [3.8, 4) is 11.5 Å². The van der Waals surface area contributed by atoms with E-state index in [1.165, 1.54) is 0 Å². The summed E-state index contributed by atoms with van der Waals surface area (Å²) in [5.74, 6) is 1.40. The van der Waals surface area contributed by atoms with E-state index in [2.05, 4.69) is 5.32 Å². The Morgan fingerprint density at radius 3 is 2.79 bits per heavy atom. The van der Waals surface area contributed by atoms with Crippen LogP contribution in [-0.4, -0.2) is 32.2 Å². The van der Waals surface area contributed by atoms with Gasteiger partial charge in [-0.05, 0) is 49.4 Å². The van der Waals surface area contributed by atoms with Crippen LogP contribution in [0.25, 0.3) is 0 Å². The third kappa shape index (κ3) is 3.53. The van der Waals surface area contributed by atoms with E-state index in [9.17, 15) is 4.79 Å². The molecule has 2 aromatic carbocycles. The van der Waals surface area contributed by atoms with Crippen LogP contribution in [0, 0.1) is 0 Å². The highest BCUT2D eigenvalue weighted by Gasteiger charge is 2.24. The van der Waals surface area contributed by atoms with E-state index < -0.39 is 0 Å². The van der Waals surface area contributed by atoms with Gasteiger partial charge in [0.05, 0.1) is 25.9 Å². The van der Waals surface area contributed by atoms with Gasteiger partial charge in [0.2, 0.25) is 5.91 Å². The Bertz CT molecular complexity index is 731. The van der Waals surface area contributed by atoms with Gasteiger partial charge < -0.3 is 25.4 Å². The summed E-state index contributed by atoms with van der Waals surface area (Å²) in [6, 6.07) is 12.7. The molecule has 24 heavy (non-hydrogen) atoms. The Hall–Kier alpha value is -2.89. The normalized spacial score (nSPS) is 16.1. The fraction of sp³-hybridized carbons (Fsp3) is 0.278. The monoisotopic (exact) mass is 327 g/mol. The average molecular weight is 327 g/mol. The Morgan fingerprint density at radius 1 is 1.33 bits per heavy atom. The summed E-state index contributed by atoms with van der Waals surface area (Å²) in [6.07, 6.45) is 0.00918. The standard InChI is InChI=1S/C18H21N3O3/c1-12-10-21(16-9-13(19)3-8-17(16)24-12)11-18(22)20-14-4-6-15(23-2)7-5-14/h3-9,12H,10-11,19H2,1-2H3,(H,20,22). The molecular weight excluding hydrogens is 306 g/mol. The molecule has 0 bridgehead atoms. The predicted octanol–water partition coefficient (Wildman–Crippen LogP) is 2.50. The van der Waals surface area contributed by atoms with E-state index in [4.69, 9.17) is 15.2 Å². The number of nitrogens with zero attached hydrogens (tertiary/aromatic N) is 1. The molecule has 1 aliphatic heterocycles. The van der Waals surface area contributed by atoms with Gasteiger partial charge in [-0.1, -0.05) is 0 Å². The highest BCUT2D eigenvalue weighted by molar-refractivity contribution is 5.94. The molecule has 0 saturated heterocycles. The second-order valence-electron chi connectivity index (χ2n) is 5.81. The first-order valence-electron chi connectivity index (χ1n) is 7.80. The molecule has 0 aliphatic carbocycles. The van der Waals surface area contributed by atoms with Gasteiger partial charge in [0.1, 0.15) is 17.6 Å². The van der Waals surface area contributed by atoms with Gasteiger partial charge >= 0.3 is 0 Å². The van der Waals surface area contributed by atoms with Crippen LogP contribution in [0.4, 0.5) is 17.1 Å². The zero-order valence-electron chi connectivity index (χ0n) is 13.8. The molecule has 1 amide bonds. The van der Waals surface area contributed by atoms with E-state index in [1.54, 1.807) is 13.2 Å². The van der Waals surface area contributed by atoms with Crippen molar-refractivity contribution in [2.24, 2.45) is 0 Å². The minimum Gasteiger partial charge on any atom is -0.497 e. The zero-order valence-corrected chi connectivity index (χ0v) is 13.8. The number of nitrogen functional groups attached to an aromatic ring is 1. The average Bonchev–Trinajstić information content (AvgIpc) is 2.56. The van der Waals surface area contributed by atoms with Crippen molar-refractivity contribution in [3.63, 3.8) is 0 Å². The lowest BCUT2D eigenvalue weighted by atomic mass is 10.2. The molecule has 6 nitrogen and oxygen atoms in total. The minimum atomic E-state index is -0.0948. The molecule has 2 aromatic rings. The topological polar surface area (TPSA) is 76.8 Å². The maximum Gasteiger partial charge on any atom is 0.243 e. The zero-order chi connectivity index (χ0) is 17.1. The van der Waals surface area contributed by atoms with Crippen molar-refractivity contribution in [2.45, 2.75) is 13.0 Å². The van der Waals surface area contributed by atoms with Crippen LogP contribution in [0.1, 0.15) is 6.92 Å². The summed E-state index contributed by atoms with van der Waals surface area (Å²) < 4.78 is 10.9. The molecule has 0 saturated carbocycles. The number of hydrogen-bond acceptors (Lipinski definition) is 5. The quantitative estimate of drug-likeness (QED) is 0.844. The molecular formula is C18H21N3O3. The molecule has 0 fully saturated rings. The highest BCUT2D eigenvalue weighted by atomic mass is 16.5. The number of rotatable bonds is 4. The van der Waals surface area contributed by atoms with Crippen molar-refractivity contribution in [3.05, 3.63) is 42.5 Å². The molecule has 126 valence electrons. The van der Waals surface area contributed by atoms with Crippen LogP contribution in [0.2, 0.25) is 0 Å². The van der Waals surface area contributed by atoms with Gasteiger partial charge in [-0.15, -0.1) is 0 Å². The van der Waals surface area contributed by atoms with Crippen molar-refractivity contribution >= 4 is 23.0 Å². The van der Waals surface area contributed by atoms with Crippen LogP contribution in [-0.2, 0) is 4.79 Å². The number of hydrogen-bond donors (Lipinski definition) is 2. The van der Waals surface area contributed by atoms with Gasteiger partial charge in [-0.3, -0.25) is 4.79 Å². The molecule has 0 aromatic heterocycles. The Kier molecular flexibility index (Phi) is 4.46. The van der Waals surface area contributed by atoms with Gasteiger partial charge in [-0.2, -0.15) is 0 Å².